The van der Waals surface area contributed by atoms with Crippen LogP contribution in [-0.4, -0.2) is 37.4 Å². The van der Waals surface area contributed by atoms with Gasteiger partial charge in [0, 0.05) is 41.3 Å². The Balaban J connectivity index is 0.000000302. The predicted octanol–water partition coefficient (Wildman–Crippen LogP) is 4.87. The largest absolute Gasteiger partial charge is 0.492 e. The van der Waals surface area contributed by atoms with Crippen LogP contribution < -0.4 is 20.1 Å². The molecule has 0 radical (unpaired) electrons. The molecule has 1 aliphatic rings. The molecule has 3 aromatic rings. The number of hydrogen-bond donors (Lipinski definition) is 3. The smallest absolute Gasteiger partial charge is 0.223 e. The number of nitrogens with one attached hydrogen (secondary N) is 3. The number of anilines is 2. The van der Waals surface area contributed by atoms with Crippen molar-refractivity contribution in [3.05, 3.63) is 77.7 Å². The minimum absolute atomic E-state index is 0.0997. The van der Waals surface area contributed by atoms with Crippen molar-refractivity contribution in [2.75, 3.05) is 25.6 Å². The third-order valence-electron chi connectivity index (χ3n) is 5.01. The number of ether oxygens (including phenoxy) is 2. The number of amides is 1. The van der Waals surface area contributed by atoms with Crippen LogP contribution in [0.5, 0.6) is 11.6 Å². The molecule has 0 saturated heterocycles. The Morgan fingerprint density at radius 2 is 1.94 bits per heavy atom. The molecule has 8 heteroatoms. The van der Waals surface area contributed by atoms with E-state index in [0.717, 1.165) is 29.8 Å². The van der Waals surface area contributed by atoms with E-state index in [1.165, 1.54) is 18.3 Å². The second-order valence-corrected chi connectivity index (χ2v) is 7.82. The van der Waals surface area contributed by atoms with E-state index < -0.39 is 0 Å². The van der Waals surface area contributed by atoms with E-state index in [-0.39, 0.29) is 17.6 Å². The summed E-state index contributed by atoms with van der Waals surface area (Å²) in [4.78, 5) is 15.5. The highest BCUT2D eigenvalue weighted by molar-refractivity contribution is 5.88. The van der Waals surface area contributed by atoms with Gasteiger partial charge in [0.2, 0.25) is 11.8 Å². The number of methoxy groups -OCH3 is 1. The van der Waals surface area contributed by atoms with E-state index >= 15 is 0 Å². The number of hydrogen-bond acceptors (Lipinski definition) is 6. The van der Waals surface area contributed by atoms with Crippen LogP contribution in [0.15, 0.2) is 60.8 Å². The molecule has 34 heavy (non-hydrogen) atoms. The van der Waals surface area contributed by atoms with Crippen molar-refractivity contribution in [1.29, 1.82) is 5.41 Å². The lowest BCUT2D eigenvalue weighted by Crippen LogP contribution is -2.29. The van der Waals surface area contributed by atoms with Gasteiger partial charge in [0.25, 0.3) is 0 Å². The summed E-state index contributed by atoms with van der Waals surface area (Å²) in [5, 5.41) is 13.6. The average molecular weight is 465 g/mol. The number of rotatable bonds is 9. The Morgan fingerprint density at radius 1 is 1.18 bits per heavy atom. The second kappa shape index (κ2) is 12.3. The third kappa shape index (κ3) is 7.88. The zero-order valence-electron chi connectivity index (χ0n) is 19.3. The summed E-state index contributed by atoms with van der Waals surface area (Å²) in [6.07, 6.45) is 4.97. The van der Waals surface area contributed by atoms with Gasteiger partial charge >= 0.3 is 0 Å². The zero-order chi connectivity index (χ0) is 24.3. The SMILES string of the molecule is COc1ccc(C)cn1.N=Cc1cc(OCCNC(=O)C2CC2)ccc1Nc1ccc(F)cc1. The fourth-order valence-electron chi connectivity index (χ4n) is 2.96. The zero-order valence-corrected chi connectivity index (χ0v) is 19.3. The number of aryl methyl sites for hydroxylation is 1. The Kier molecular flexibility index (Phi) is 8.96. The molecule has 1 aliphatic carbocycles. The Morgan fingerprint density at radius 3 is 2.56 bits per heavy atom. The van der Waals surface area contributed by atoms with Crippen LogP contribution in [0, 0.1) is 24.1 Å². The first-order chi connectivity index (χ1) is 16.5. The summed E-state index contributed by atoms with van der Waals surface area (Å²) in [6, 6.07) is 15.2. The maximum atomic E-state index is 13.0. The van der Waals surface area contributed by atoms with Crippen LogP contribution >= 0.6 is 0 Å². The van der Waals surface area contributed by atoms with Crippen molar-refractivity contribution in [2.24, 2.45) is 5.92 Å². The number of carbonyl (C=O) groups is 1. The minimum Gasteiger partial charge on any atom is -0.492 e. The van der Waals surface area contributed by atoms with Crippen molar-refractivity contribution < 1.29 is 18.7 Å². The van der Waals surface area contributed by atoms with Crippen molar-refractivity contribution in [2.45, 2.75) is 19.8 Å². The van der Waals surface area contributed by atoms with Crippen LogP contribution in [0.3, 0.4) is 0 Å². The van der Waals surface area contributed by atoms with Gasteiger partial charge in [0.15, 0.2) is 0 Å². The molecular weight excluding hydrogens is 435 g/mol. The van der Waals surface area contributed by atoms with Crippen molar-refractivity contribution in [3.63, 3.8) is 0 Å². The molecular formula is C26H29FN4O3. The molecule has 0 spiro atoms. The molecule has 178 valence electrons. The fraction of sp³-hybridized carbons (Fsp3) is 0.269. The number of nitrogens with zero attached hydrogens (tertiary/aromatic N) is 1. The van der Waals surface area contributed by atoms with Crippen LogP contribution in [0.4, 0.5) is 15.8 Å². The van der Waals surface area contributed by atoms with Gasteiger partial charge in [-0.15, -0.1) is 0 Å². The Labute approximate surface area is 198 Å². The number of carbonyl (C=O) groups excluding carboxylic acids is 1. The van der Waals surface area contributed by atoms with E-state index in [0.29, 0.717) is 30.3 Å². The highest BCUT2D eigenvalue weighted by atomic mass is 19.1. The maximum Gasteiger partial charge on any atom is 0.223 e. The molecule has 1 amide bonds. The van der Waals surface area contributed by atoms with Gasteiger partial charge in [-0.1, -0.05) is 6.07 Å². The topological polar surface area (TPSA) is 96.3 Å². The van der Waals surface area contributed by atoms with Crippen molar-refractivity contribution in [3.8, 4) is 11.6 Å². The highest BCUT2D eigenvalue weighted by Gasteiger charge is 2.29. The summed E-state index contributed by atoms with van der Waals surface area (Å²) < 4.78 is 23.4. The van der Waals surface area contributed by atoms with E-state index in [9.17, 15) is 9.18 Å². The summed E-state index contributed by atoms with van der Waals surface area (Å²) >= 11 is 0. The molecule has 7 nitrogen and oxygen atoms in total. The van der Waals surface area contributed by atoms with E-state index in [1.807, 2.05) is 25.1 Å². The number of aromatic nitrogens is 1. The predicted molar refractivity (Wildman–Crippen MR) is 131 cm³/mol. The van der Waals surface area contributed by atoms with Crippen LogP contribution in [0.25, 0.3) is 0 Å². The first kappa shape index (κ1) is 24.7. The molecule has 1 heterocycles. The van der Waals surface area contributed by atoms with Gasteiger partial charge < -0.3 is 25.5 Å². The van der Waals surface area contributed by atoms with Crippen LogP contribution in [-0.2, 0) is 4.79 Å². The lowest BCUT2D eigenvalue weighted by atomic mass is 10.1. The molecule has 1 saturated carbocycles. The quantitative estimate of drug-likeness (QED) is 0.310. The molecule has 3 N–H and O–H groups in total. The molecule has 2 aromatic carbocycles. The van der Waals surface area contributed by atoms with Crippen LogP contribution in [0.1, 0.15) is 24.0 Å². The maximum absolute atomic E-state index is 13.0. The van der Waals surface area contributed by atoms with Gasteiger partial charge in [-0.05, 0) is 67.8 Å². The highest BCUT2D eigenvalue weighted by Crippen LogP contribution is 2.28. The van der Waals surface area contributed by atoms with Gasteiger partial charge in [-0.3, -0.25) is 4.79 Å². The molecule has 0 atom stereocenters. The summed E-state index contributed by atoms with van der Waals surface area (Å²) in [7, 11) is 1.61. The lowest BCUT2D eigenvalue weighted by molar-refractivity contribution is -0.122. The molecule has 0 unspecified atom stereocenters. The molecule has 1 aromatic heterocycles. The van der Waals surface area contributed by atoms with Crippen molar-refractivity contribution in [1.82, 2.24) is 10.3 Å². The normalized spacial score (nSPS) is 12.1. The van der Waals surface area contributed by atoms with Gasteiger partial charge in [0.05, 0.1) is 13.7 Å². The number of benzene rings is 2. The van der Waals surface area contributed by atoms with E-state index in [1.54, 1.807) is 37.6 Å². The third-order valence-corrected chi connectivity index (χ3v) is 5.01. The monoisotopic (exact) mass is 464 g/mol. The Bertz CT molecular complexity index is 1080. The summed E-state index contributed by atoms with van der Waals surface area (Å²) in [5.41, 5.74) is 3.27. The molecule has 0 aliphatic heterocycles. The number of pyridine rings is 1. The first-order valence-corrected chi connectivity index (χ1v) is 11.0. The minimum atomic E-state index is -0.296. The molecule has 4 rings (SSSR count). The number of halogens is 1. The lowest BCUT2D eigenvalue weighted by Gasteiger charge is -2.12. The summed E-state index contributed by atoms with van der Waals surface area (Å²) in [6.45, 7) is 2.83. The average Bonchev–Trinajstić information content (AvgIpc) is 3.70. The first-order valence-electron chi connectivity index (χ1n) is 11.0. The standard InChI is InChI=1S/C19H20FN3O2.C7H9NO/c20-15-3-5-16(6-4-15)23-18-8-7-17(11-14(18)12-21)25-10-9-22-19(24)13-1-2-13;1-6-3-4-7(9-2)8-5-6/h3-8,11-13,21,23H,1-2,9-10H2,(H,22,24);3-5H,1-2H3. The van der Waals surface area contributed by atoms with Gasteiger partial charge in [-0.2, -0.15) is 0 Å². The van der Waals surface area contributed by atoms with E-state index in [2.05, 4.69) is 15.6 Å². The summed E-state index contributed by atoms with van der Waals surface area (Å²) in [5.74, 6) is 1.30. The van der Waals surface area contributed by atoms with Crippen LogP contribution in [0.2, 0.25) is 0 Å². The van der Waals surface area contributed by atoms with Gasteiger partial charge in [-0.25, -0.2) is 9.37 Å². The van der Waals surface area contributed by atoms with E-state index in [4.69, 9.17) is 14.9 Å². The fourth-order valence-corrected chi connectivity index (χ4v) is 2.96. The van der Waals surface area contributed by atoms with Gasteiger partial charge in [0.1, 0.15) is 18.2 Å². The van der Waals surface area contributed by atoms with Crippen molar-refractivity contribution >= 4 is 23.5 Å². The molecule has 1 fully saturated rings. The molecule has 0 bridgehead atoms. The second-order valence-electron chi connectivity index (χ2n) is 7.82. The Hall–Kier alpha value is -3.94.